The van der Waals surface area contributed by atoms with Crippen LogP contribution < -0.4 is 5.32 Å². The van der Waals surface area contributed by atoms with E-state index in [-0.39, 0.29) is 4.47 Å². The van der Waals surface area contributed by atoms with Crippen molar-refractivity contribution in [2.45, 2.75) is 12.2 Å². The minimum absolute atomic E-state index is 0.271. The highest BCUT2D eigenvalue weighted by molar-refractivity contribution is 9.10. The molecule has 1 unspecified atom stereocenters. The topological polar surface area (TPSA) is 12.0 Å². The van der Waals surface area contributed by atoms with E-state index in [1.54, 1.807) is 25.2 Å². The lowest BCUT2D eigenvalue weighted by atomic mass is 9.97. The van der Waals surface area contributed by atoms with Crippen LogP contribution in [0.3, 0.4) is 0 Å². The van der Waals surface area contributed by atoms with Crippen molar-refractivity contribution in [2.75, 3.05) is 7.05 Å². The zero-order valence-electron chi connectivity index (χ0n) is 11.0. The molecule has 0 saturated carbocycles. The number of benzene rings is 2. The lowest BCUT2D eigenvalue weighted by molar-refractivity contribution is -0.137. The molecule has 0 aliphatic rings. The Labute approximate surface area is 128 Å². The number of nitrogens with one attached hydrogen (secondary N) is 1. The second kappa shape index (κ2) is 6.15. The van der Waals surface area contributed by atoms with E-state index < -0.39 is 23.6 Å². The molecule has 0 spiro atoms. The van der Waals surface area contributed by atoms with Gasteiger partial charge in [-0.05, 0) is 58.4 Å². The van der Waals surface area contributed by atoms with Crippen LogP contribution in [0.25, 0.3) is 0 Å². The molecule has 2 aromatic carbocycles. The molecule has 21 heavy (non-hydrogen) atoms. The number of rotatable bonds is 3. The van der Waals surface area contributed by atoms with Gasteiger partial charge in [-0.25, -0.2) is 4.39 Å². The minimum Gasteiger partial charge on any atom is -0.309 e. The van der Waals surface area contributed by atoms with Crippen molar-refractivity contribution in [3.05, 3.63) is 69.4 Å². The lowest BCUT2D eigenvalue weighted by Gasteiger charge is -2.19. The Morgan fingerprint density at radius 2 is 1.71 bits per heavy atom. The average molecular weight is 362 g/mol. The van der Waals surface area contributed by atoms with E-state index in [2.05, 4.69) is 21.2 Å². The van der Waals surface area contributed by atoms with Gasteiger partial charge in [-0.2, -0.15) is 13.2 Å². The van der Waals surface area contributed by atoms with Crippen molar-refractivity contribution in [2.24, 2.45) is 0 Å². The first kappa shape index (κ1) is 16.0. The molecule has 0 aromatic heterocycles. The Kier molecular flexibility index (Phi) is 4.68. The highest BCUT2D eigenvalue weighted by atomic mass is 79.9. The van der Waals surface area contributed by atoms with Gasteiger partial charge < -0.3 is 5.32 Å². The Bertz CT molecular complexity index is 640. The molecule has 0 amide bonds. The highest BCUT2D eigenvalue weighted by Gasteiger charge is 2.31. The summed E-state index contributed by atoms with van der Waals surface area (Å²) in [5, 5.41) is 2.95. The van der Waals surface area contributed by atoms with E-state index in [0.29, 0.717) is 11.1 Å². The third kappa shape index (κ3) is 3.63. The van der Waals surface area contributed by atoms with Gasteiger partial charge in [0.2, 0.25) is 0 Å². The summed E-state index contributed by atoms with van der Waals surface area (Å²) in [6, 6.07) is 9.00. The summed E-state index contributed by atoms with van der Waals surface area (Å²) in [6.45, 7) is 0. The average Bonchev–Trinajstić information content (AvgIpc) is 2.43. The molecule has 0 radical (unpaired) electrons. The van der Waals surface area contributed by atoms with Gasteiger partial charge in [0.05, 0.1) is 16.1 Å². The smallest absolute Gasteiger partial charge is 0.309 e. The summed E-state index contributed by atoms with van der Waals surface area (Å²) in [4.78, 5) is 0. The fourth-order valence-electron chi connectivity index (χ4n) is 2.11. The molecular formula is C15H12BrF4N. The van der Waals surface area contributed by atoms with Crippen molar-refractivity contribution >= 4 is 15.9 Å². The van der Waals surface area contributed by atoms with Crippen LogP contribution in [-0.2, 0) is 6.18 Å². The second-order valence-corrected chi connectivity index (χ2v) is 5.37. The molecule has 0 fully saturated rings. The fraction of sp³-hybridized carbons (Fsp3) is 0.200. The number of alkyl halides is 3. The predicted octanol–water partition coefficient (Wildman–Crippen LogP) is 4.92. The maximum Gasteiger partial charge on any atom is 0.416 e. The largest absolute Gasteiger partial charge is 0.416 e. The lowest BCUT2D eigenvalue weighted by Crippen LogP contribution is -2.18. The monoisotopic (exact) mass is 361 g/mol. The van der Waals surface area contributed by atoms with Crippen LogP contribution in [0.1, 0.15) is 22.7 Å². The number of halogens is 5. The van der Waals surface area contributed by atoms with Gasteiger partial charge in [-0.3, -0.25) is 0 Å². The Morgan fingerprint density at radius 1 is 1.05 bits per heavy atom. The maximum absolute atomic E-state index is 13.3. The first-order chi connectivity index (χ1) is 9.82. The van der Waals surface area contributed by atoms with E-state index in [1.807, 2.05) is 0 Å². The summed E-state index contributed by atoms with van der Waals surface area (Å²) in [5.74, 6) is -0.419. The van der Waals surface area contributed by atoms with Crippen LogP contribution in [0.4, 0.5) is 17.6 Å². The summed E-state index contributed by atoms with van der Waals surface area (Å²) < 4.78 is 51.9. The van der Waals surface area contributed by atoms with E-state index in [1.165, 1.54) is 12.1 Å². The maximum atomic E-state index is 13.3. The predicted molar refractivity (Wildman–Crippen MR) is 76.4 cm³/mol. The summed E-state index contributed by atoms with van der Waals surface area (Å²) in [6.07, 6.45) is -4.39. The van der Waals surface area contributed by atoms with Crippen LogP contribution in [0.5, 0.6) is 0 Å². The molecule has 1 nitrogen and oxygen atoms in total. The van der Waals surface area contributed by atoms with Gasteiger partial charge in [0, 0.05) is 0 Å². The zero-order chi connectivity index (χ0) is 15.6. The normalized spacial score (nSPS) is 13.2. The van der Waals surface area contributed by atoms with Gasteiger partial charge in [0.15, 0.2) is 0 Å². The van der Waals surface area contributed by atoms with E-state index in [9.17, 15) is 17.6 Å². The van der Waals surface area contributed by atoms with Crippen LogP contribution in [0, 0.1) is 5.82 Å². The van der Waals surface area contributed by atoms with Crippen molar-refractivity contribution in [3.8, 4) is 0 Å². The van der Waals surface area contributed by atoms with E-state index >= 15 is 0 Å². The van der Waals surface area contributed by atoms with Crippen molar-refractivity contribution in [1.29, 1.82) is 0 Å². The minimum atomic E-state index is -4.39. The number of hydrogen-bond donors (Lipinski definition) is 1. The summed E-state index contributed by atoms with van der Waals surface area (Å²) in [7, 11) is 1.64. The zero-order valence-corrected chi connectivity index (χ0v) is 12.6. The summed E-state index contributed by atoms with van der Waals surface area (Å²) in [5.41, 5.74) is 0.428. The van der Waals surface area contributed by atoms with Gasteiger partial charge in [-0.15, -0.1) is 0 Å². The van der Waals surface area contributed by atoms with Gasteiger partial charge >= 0.3 is 6.18 Å². The third-order valence-corrected chi connectivity index (χ3v) is 3.72. The second-order valence-electron chi connectivity index (χ2n) is 4.52. The third-order valence-electron chi connectivity index (χ3n) is 3.11. The standard InChI is InChI=1S/C15H12BrF4N/c1-21-14(10-5-6-13(17)12(16)8-10)9-3-2-4-11(7-9)15(18,19)20/h2-8,14,21H,1H3. The van der Waals surface area contributed by atoms with Crippen molar-refractivity contribution in [3.63, 3.8) is 0 Å². The van der Waals surface area contributed by atoms with Crippen LogP contribution >= 0.6 is 15.9 Å². The van der Waals surface area contributed by atoms with Crippen molar-refractivity contribution in [1.82, 2.24) is 5.32 Å². The molecule has 0 aliphatic carbocycles. The van der Waals surface area contributed by atoms with Gasteiger partial charge in [-0.1, -0.05) is 18.2 Å². The molecule has 2 aromatic rings. The van der Waals surface area contributed by atoms with Crippen LogP contribution in [-0.4, -0.2) is 7.05 Å². The first-order valence-electron chi connectivity index (χ1n) is 6.12. The van der Waals surface area contributed by atoms with Gasteiger partial charge in [0.25, 0.3) is 0 Å². The molecule has 0 aliphatic heterocycles. The van der Waals surface area contributed by atoms with E-state index in [4.69, 9.17) is 0 Å². The molecule has 6 heteroatoms. The van der Waals surface area contributed by atoms with Crippen LogP contribution in [0.2, 0.25) is 0 Å². The Hall–Kier alpha value is -1.40. The fourth-order valence-corrected chi connectivity index (χ4v) is 2.51. The molecular weight excluding hydrogens is 350 g/mol. The molecule has 1 N–H and O–H groups in total. The molecule has 0 heterocycles. The van der Waals surface area contributed by atoms with Crippen LogP contribution in [0.15, 0.2) is 46.9 Å². The number of hydrogen-bond acceptors (Lipinski definition) is 1. The summed E-state index contributed by atoms with van der Waals surface area (Å²) >= 11 is 3.08. The van der Waals surface area contributed by atoms with Crippen molar-refractivity contribution < 1.29 is 17.6 Å². The van der Waals surface area contributed by atoms with Gasteiger partial charge in [0.1, 0.15) is 5.82 Å². The quantitative estimate of drug-likeness (QED) is 0.765. The molecule has 0 saturated heterocycles. The SMILES string of the molecule is CNC(c1cccc(C(F)(F)F)c1)c1ccc(F)c(Br)c1. The molecule has 2 rings (SSSR count). The molecule has 1 atom stereocenters. The first-order valence-corrected chi connectivity index (χ1v) is 6.91. The van der Waals surface area contributed by atoms with E-state index in [0.717, 1.165) is 12.1 Å². The molecule has 112 valence electrons. The molecule has 0 bridgehead atoms. The Balaban J connectivity index is 2.44. The Morgan fingerprint density at radius 3 is 2.29 bits per heavy atom. The highest BCUT2D eigenvalue weighted by Crippen LogP contribution is 2.32.